The van der Waals surface area contributed by atoms with Gasteiger partial charge in [0.15, 0.2) is 0 Å². The molecule has 2 heterocycles. The first-order valence-corrected chi connectivity index (χ1v) is 9.60. The monoisotopic (exact) mass is 331 g/mol. The van der Waals surface area contributed by atoms with Crippen LogP contribution in [0.15, 0.2) is 12.1 Å². The predicted molar refractivity (Wildman–Crippen MR) is 102 cm³/mol. The molecule has 0 radical (unpaired) electrons. The Morgan fingerprint density at radius 3 is 2.33 bits per heavy atom. The first-order valence-electron chi connectivity index (χ1n) is 9.60. The molecule has 4 nitrogen and oxygen atoms in total. The summed E-state index contributed by atoms with van der Waals surface area (Å²) in [6.07, 6.45) is 6.86. The van der Waals surface area contributed by atoms with Crippen molar-refractivity contribution in [3.05, 3.63) is 17.7 Å². The van der Waals surface area contributed by atoms with Crippen LogP contribution in [0.5, 0.6) is 5.75 Å². The van der Waals surface area contributed by atoms with Crippen molar-refractivity contribution in [2.45, 2.75) is 65.0 Å². The van der Waals surface area contributed by atoms with Gasteiger partial charge in [0.05, 0.1) is 11.8 Å². The van der Waals surface area contributed by atoms with Gasteiger partial charge < -0.3 is 20.3 Å². The second-order valence-corrected chi connectivity index (χ2v) is 7.66. The van der Waals surface area contributed by atoms with Gasteiger partial charge in [-0.2, -0.15) is 0 Å². The first kappa shape index (κ1) is 17.4. The van der Waals surface area contributed by atoms with E-state index >= 15 is 0 Å². The molecule has 134 valence electrons. The van der Waals surface area contributed by atoms with Gasteiger partial charge in [0.2, 0.25) is 0 Å². The topological polar surface area (TPSA) is 41.7 Å². The van der Waals surface area contributed by atoms with Gasteiger partial charge in [-0.25, -0.2) is 0 Å². The maximum absolute atomic E-state index is 6.14. The number of piperidine rings is 2. The highest BCUT2D eigenvalue weighted by atomic mass is 16.5. The normalized spacial score (nSPS) is 20.6. The molecule has 24 heavy (non-hydrogen) atoms. The molecule has 1 aromatic carbocycles. The molecule has 3 rings (SSSR count). The molecule has 0 spiro atoms. The number of hydrogen-bond donors (Lipinski definition) is 1. The Labute approximate surface area is 147 Å². The first-order chi connectivity index (χ1) is 11.5. The van der Waals surface area contributed by atoms with Gasteiger partial charge in [0, 0.05) is 30.9 Å². The van der Waals surface area contributed by atoms with E-state index in [1.54, 1.807) is 0 Å². The van der Waals surface area contributed by atoms with Gasteiger partial charge in [-0.05, 0) is 71.2 Å². The van der Waals surface area contributed by atoms with Gasteiger partial charge in [-0.15, -0.1) is 0 Å². The van der Waals surface area contributed by atoms with E-state index in [4.69, 9.17) is 10.5 Å². The van der Waals surface area contributed by atoms with Crippen LogP contribution in [0.2, 0.25) is 0 Å². The number of ether oxygens (including phenoxy) is 1. The number of rotatable bonds is 4. The molecule has 2 aliphatic rings. The highest BCUT2D eigenvalue weighted by Gasteiger charge is 2.26. The third-order valence-corrected chi connectivity index (χ3v) is 5.40. The van der Waals surface area contributed by atoms with Crippen LogP contribution in [0, 0.1) is 6.92 Å². The lowest BCUT2D eigenvalue weighted by atomic mass is 9.99. The summed E-state index contributed by atoms with van der Waals surface area (Å²) < 4.78 is 5.89. The zero-order valence-electron chi connectivity index (χ0n) is 15.6. The van der Waals surface area contributed by atoms with E-state index < -0.39 is 0 Å². The number of anilines is 2. The molecule has 0 aromatic heterocycles. The highest BCUT2D eigenvalue weighted by Crippen LogP contribution is 2.34. The minimum absolute atomic E-state index is 0.146. The van der Waals surface area contributed by atoms with E-state index in [0.29, 0.717) is 0 Å². The number of nitrogen functional groups attached to an aromatic ring is 1. The summed E-state index contributed by atoms with van der Waals surface area (Å²) in [5, 5.41) is 0. The summed E-state index contributed by atoms with van der Waals surface area (Å²) in [6.45, 7) is 11.1. The van der Waals surface area contributed by atoms with E-state index in [2.05, 4.69) is 28.9 Å². The number of benzene rings is 1. The predicted octanol–water partition coefficient (Wildman–Crippen LogP) is 3.82. The van der Waals surface area contributed by atoms with Crippen molar-refractivity contribution in [2.24, 2.45) is 0 Å². The van der Waals surface area contributed by atoms with Crippen molar-refractivity contribution in [3.63, 3.8) is 0 Å². The molecule has 2 fully saturated rings. The van der Waals surface area contributed by atoms with Crippen LogP contribution < -0.4 is 15.4 Å². The Morgan fingerprint density at radius 1 is 1.04 bits per heavy atom. The molecule has 2 saturated heterocycles. The molecule has 2 N–H and O–H groups in total. The minimum Gasteiger partial charge on any atom is -0.489 e. The standard InChI is InChI=1S/C20H33N3O/c1-15(2)24-20-14-19(16(3)13-18(20)21)23-11-7-17(8-12-23)22-9-5-4-6-10-22/h13-15,17H,4-12,21H2,1-3H3. The Balaban J connectivity index is 1.67. The lowest BCUT2D eigenvalue weighted by molar-refractivity contribution is 0.141. The molecule has 0 saturated carbocycles. The summed E-state index contributed by atoms with van der Waals surface area (Å²) in [6, 6.07) is 4.98. The van der Waals surface area contributed by atoms with Crippen LogP contribution in [-0.4, -0.2) is 43.2 Å². The zero-order valence-corrected chi connectivity index (χ0v) is 15.6. The second-order valence-electron chi connectivity index (χ2n) is 7.66. The van der Waals surface area contributed by atoms with E-state index in [9.17, 15) is 0 Å². The average molecular weight is 332 g/mol. The third kappa shape index (κ3) is 3.97. The summed E-state index contributed by atoms with van der Waals surface area (Å²) in [4.78, 5) is 5.24. The van der Waals surface area contributed by atoms with Crippen molar-refractivity contribution < 1.29 is 4.74 Å². The molecule has 2 aliphatic heterocycles. The zero-order chi connectivity index (χ0) is 17.1. The Bertz CT molecular complexity index is 544. The van der Waals surface area contributed by atoms with E-state index in [1.807, 2.05) is 13.8 Å². The maximum Gasteiger partial charge on any atom is 0.144 e. The van der Waals surface area contributed by atoms with Crippen molar-refractivity contribution in [1.29, 1.82) is 0 Å². The summed E-state index contributed by atoms with van der Waals surface area (Å²) >= 11 is 0. The number of aryl methyl sites for hydroxylation is 1. The number of nitrogens with zero attached hydrogens (tertiary/aromatic N) is 2. The Kier molecular flexibility index (Phi) is 5.54. The van der Waals surface area contributed by atoms with E-state index in [1.165, 1.54) is 56.4 Å². The Hall–Kier alpha value is -1.42. The SMILES string of the molecule is Cc1cc(N)c(OC(C)C)cc1N1CCC(N2CCCCC2)CC1. The third-order valence-electron chi connectivity index (χ3n) is 5.40. The summed E-state index contributed by atoms with van der Waals surface area (Å²) in [5.41, 5.74) is 9.42. The fraction of sp³-hybridized carbons (Fsp3) is 0.700. The molecule has 0 aliphatic carbocycles. The summed E-state index contributed by atoms with van der Waals surface area (Å²) in [7, 11) is 0. The molecule has 1 aromatic rings. The van der Waals surface area contributed by atoms with Crippen LogP contribution in [0.25, 0.3) is 0 Å². The number of likely N-dealkylation sites (tertiary alicyclic amines) is 1. The molecule has 0 unspecified atom stereocenters. The maximum atomic E-state index is 6.14. The number of hydrogen-bond acceptors (Lipinski definition) is 4. The van der Waals surface area contributed by atoms with E-state index in [-0.39, 0.29) is 6.10 Å². The van der Waals surface area contributed by atoms with Crippen LogP contribution in [0.1, 0.15) is 51.5 Å². The summed E-state index contributed by atoms with van der Waals surface area (Å²) in [5.74, 6) is 0.823. The average Bonchev–Trinajstić information content (AvgIpc) is 2.58. The van der Waals surface area contributed by atoms with Gasteiger partial charge in [0.25, 0.3) is 0 Å². The second kappa shape index (κ2) is 7.64. The van der Waals surface area contributed by atoms with Crippen LogP contribution in [0.4, 0.5) is 11.4 Å². The van der Waals surface area contributed by atoms with Crippen molar-refractivity contribution in [1.82, 2.24) is 4.90 Å². The van der Waals surface area contributed by atoms with Gasteiger partial charge in [0.1, 0.15) is 5.75 Å². The Morgan fingerprint density at radius 2 is 1.71 bits per heavy atom. The quantitative estimate of drug-likeness (QED) is 0.852. The van der Waals surface area contributed by atoms with E-state index in [0.717, 1.165) is 30.6 Å². The van der Waals surface area contributed by atoms with Gasteiger partial charge in [-0.3, -0.25) is 0 Å². The minimum atomic E-state index is 0.146. The van der Waals surface area contributed by atoms with Crippen molar-refractivity contribution in [3.8, 4) is 5.75 Å². The lowest BCUT2D eigenvalue weighted by Crippen LogP contribution is -2.46. The number of nitrogens with two attached hydrogens (primary N) is 1. The molecule has 0 amide bonds. The van der Waals surface area contributed by atoms with Gasteiger partial charge >= 0.3 is 0 Å². The van der Waals surface area contributed by atoms with Gasteiger partial charge in [-0.1, -0.05) is 6.42 Å². The smallest absolute Gasteiger partial charge is 0.144 e. The van der Waals surface area contributed by atoms with Crippen molar-refractivity contribution >= 4 is 11.4 Å². The molecular formula is C20H33N3O. The fourth-order valence-corrected chi connectivity index (χ4v) is 4.15. The lowest BCUT2D eigenvalue weighted by Gasteiger charge is -2.41. The largest absolute Gasteiger partial charge is 0.489 e. The van der Waals surface area contributed by atoms with Crippen molar-refractivity contribution in [2.75, 3.05) is 36.8 Å². The molecular weight excluding hydrogens is 298 g/mol. The highest BCUT2D eigenvalue weighted by molar-refractivity contribution is 5.66. The molecule has 0 atom stereocenters. The van der Waals surface area contributed by atoms with Crippen LogP contribution in [0.3, 0.4) is 0 Å². The van der Waals surface area contributed by atoms with Crippen LogP contribution in [-0.2, 0) is 0 Å². The molecule has 0 bridgehead atoms. The van der Waals surface area contributed by atoms with Crippen LogP contribution >= 0.6 is 0 Å². The molecule has 4 heteroatoms. The fourth-order valence-electron chi connectivity index (χ4n) is 4.15.